The Morgan fingerprint density at radius 2 is 1.71 bits per heavy atom. The normalized spacial score (nSPS) is 11.7. The van der Waals surface area contributed by atoms with Crippen molar-refractivity contribution in [3.8, 4) is 11.5 Å². The third-order valence-electron chi connectivity index (χ3n) is 3.50. The van der Waals surface area contributed by atoms with E-state index in [1.807, 2.05) is 30.3 Å². The van der Waals surface area contributed by atoms with Crippen molar-refractivity contribution in [1.82, 2.24) is 0 Å². The summed E-state index contributed by atoms with van der Waals surface area (Å²) < 4.78 is 12.3. The summed E-state index contributed by atoms with van der Waals surface area (Å²) in [5.41, 5.74) is 2.10. The number of rotatable bonds is 6. The number of hydrogen-bond donors (Lipinski definition) is 1. The van der Waals surface area contributed by atoms with Crippen molar-refractivity contribution >= 4 is 22.1 Å². The quantitative estimate of drug-likeness (QED) is 0.325. The zero-order valence-corrected chi connectivity index (χ0v) is 15.7. The van der Waals surface area contributed by atoms with Crippen LogP contribution >= 0.6 is 15.9 Å². The maximum atomic E-state index is 8.71. The molecule has 0 aliphatic rings. The van der Waals surface area contributed by atoms with Gasteiger partial charge in [0.05, 0.1) is 6.21 Å². The number of halogens is 1. The molecule has 0 radical (unpaired) electrons. The lowest BCUT2D eigenvalue weighted by Crippen LogP contribution is -2.12. The fraction of sp³-hybridized carbons (Fsp3) is 0.316. The van der Waals surface area contributed by atoms with Gasteiger partial charge >= 0.3 is 0 Å². The molecule has 2 rings (SSSR count). The minimum atomic E-state index is 0.133. The van der Waals surface area contributed by atoms with Crippen molar-refractivity contribution < 1.29 is 14.7 Å². The lowest BCUT2D eigenvalue weighted by molar-refractivity contribution is 0.217. The van der Waals surface area contributed by atoms with Gasteiger partial charge in [-0.15, -0.1) is 0 Å². The van der Waals surface area contributed by atoms with Crippen LogP contribution in [0.2, 0.25) is 0 Å². The minimum Gasteiger partial charge on any atom is -0.490 e. The van der Waals surface area contributed by atoms with E-state index in [1.165, 1.54) is 11.8 Å². The first-order chi connectivity index (χ1) is 11.4. The van der Waals surface area contributed by atoms with Crippen molar-refractivity contribution in [1.29, 1.82) is 0 Å². The van der Waals surface area contributed by atoms with Gasteiger partial charge in [0.2, 0.25) is 0 Å². The van der Waals surface area contributed by atoms with Crippen LogP contribution in [0.25, 0.3) is 0 Å². The monoisotopic (exact) mass is 391 g/mol. The van der Waals surface area contributed by atoms with E-state index < -0.39 is 0 Å². The molecule has 4 nitrogen and oxygen atoms in total. The topological polar surface area (TPSA) is 51.0 Å². The largest absolute Gasteiger partial charge is 0.490 e. The molecule has 24 heavy (non-hydrogen) atoms. The van der Waals surface area contributed by atoms with Crippen LogP contribution in [0.4, 0.5) is 0 Å². The Hall–Kier alpha value is -2.01. The summed E-state index contributed by atoms with van der Waals surface area (Å²) in [4.78, 5) is 0. The maximum absolute atomic E-state index is 8.71. The number of hydrogen-bond acceptors (Lipinski definition) is 4. The van der Waals surface area contributed by atoms with E-state index in [0.29, 0.717) is 24.5 Å². The third kappa shape index (κ3) is 5.27. The van der Waals surface area contributed by atoms with Crippen molar-refractivity contribution in [2.45, 2.75) is 26.2 Å². The predicted molar refractivity (Wildman–Crippen MR) is 99.7 cm³/mol. The van der Waals surface area contributed by atoms with Gasteiger partial charge < -0.3 is 14.7 Å². The van der Waals surface area contributed by atoms with E-state index in [0.717, 1.165) is 10.2 Å². The molecule has 0 spiro atoms. The van der Waals surface area contributed by atoms with Crippen LogP contribution in [-0.4, -0.2) is 24.6 Å². The van der Waals surface area contributed by atoms with Crippen LogP contribution in [0.5, 0.6) is 11.5 Å². The fourth-order valence-corrected chi connectivity index (χ4v) is 2.55. The number of ether oxygens (including phenoxy) is 2. The second-order valence-electron chi connectivity index (χ2n) is 6.40. The Kier molecular flexibility index (Phi) is 6.26. The summed E-state index contributed by atoms with van der Waals surface area (Å²) in [7, 11) is 0. The zero-order chi connectivity index (χ0) is 17.6. The second-order valence-corrected chi connectivity index (χ2v) is 7.31. The van der Waals surface area contributed by atoms with Crippen molar-refractivity contribution in [3.63, 3.8) is 0 Å². The Bertz CT molecular complexity index is 691. The smallest absolute Gasteiger partial charge is 0.128 e. The number of benzene rings is 2. The fourth-order valence-electron chi connectivity index (χ4n) is 2.18. The summed E-state index contributed by atoms with van der Waals surface area (Å²) in [6.07, 6.45) is 1.34. The molecule has 0 atom stereocenters. The predicted octanol–water partition coefficient (Wildman–Crippen LogP) is 5.01. The summed E-state index contributed by atoms with van der Waals surface area (Å²) in [5.74, 6) is 1.46. The minimum absolute atomic E-state index is 0.133. The number of nitrogens with zero attached hydrogens (tertiary/aromatic N) is 1. The molecule has 0 unspecified atom stereocenters. The van der Waals surface area contributed by atoms with E-state index in [9.17, 15) is 0 Å². The molecule has 0 aliphatic carbocycles. The average molecular weight is 392 g/mol. The van der Waals surface area contributed by atoms with Crippen molar-refractivity contribution in [2.75, 3.05) is 13.2 Å². The van der Waals surface area contributed by atoms with Gasteiger partial charge in [-0.1, -0.05) is 54.0 Å². The first kappa shape index (κ1) is 18.3. The molecule has 0 saturated heterocycles. The van der Waals surface area contributed by atoms with E-state index in [-0.39, 0.29) is 5.41 Å². The average Bonchev–Trinajstić information content (AvgIpc) is 2.53. The van der Waals surface area contributed by atoms with Crippen LogP contribution in [0.3, 0.4) is 0 Å². The summed E-state index contributed by atoms with van der Waals surface area (Å²) in [5, 5.41) is 11.8. The molecule has 0 amide bonds. The maximum Gasteiger partial charge on any atom is 0.128 e. The molecule has 2 aromatic rings. The van der Waals surface area contributed by atoms with Gasteiger partial charge in [0, 0.05) is 10.0 Å². The zero-order valence-electron chi connectivity index (χ0n) is 14.1. The molecular weight excluding hydrogens is 370 g/mol. The summed E-state index contributed by atoms with van der Waals surface area (Å²) in [6, 6.07) is 13.6. The summed E-state index contributed by atoms with van der Waals surface area (Å²) in [6.45, 7) is 7.38. The third-order valence-corrected chi connectivity index (χ3v) is 3.99. The van der Waals surface area contributed by atoms with Crippen molar-refractivity contribution in [2.24, 2.45) is 5.16 Å². The van der Waals surface area contributed by atoms with Crippen LogP contribution in [0, 0.1) is 0 Å². The molecule has 0 saturated carbocycles. The first-order valence-corrected chi connectivity index (χ1v) is 8.52. The van der Waals surface area contributed by atoms with Gasteiger partial charge in [0.15, 0.2) is 0 Å². The Labute approximate surface area is 151 Å². The molecule has 5 heteroatoms. The SMILES string of the molecule is CC(C)(C)c1ccc(OCCOc2ccc(Br)cc2C=NO)cc1. The second kappa shape index (κ2) is 8.20. The molecule has 1 N–H and O–H groups in total. The van der Waals surface area contributed by atoms with Crippen LogP contribution < -0.4 is 9.47 Å². The highest BCUT2D eigenvalue weighted by atomic mass is 79.9. The Morgan fingerprint density at radius 1 is 1.04 bits per heavy atom. The molecule has 2 aromatic carbocycles. The van der Waals surface area contributed by atoms with Crippen LogP contribution in [-0.2, 0) is 5.41 Å². The van der Waals surface area contributed by atoms with E-state index in [2.05, 4.69) is 54.0 Å². The van der Waals surface area contributed by atoms with Gasteiger partial charge in [0.1, 0.15) is 24.7 Å². The highest BCUT2D eigenvalue weighted by Gasteiger charge is 2.12. The molecule has 0 fully saturated rings. The van der Waals surface area contributed by atoms with Crippen molar-refractivity contribution in [3.05, 3.63) is 58.1 Å². The van der Waals surface area contributed by atoms with Gasteiger partial charge in [-0.3, -0.25) is 0 Å². The highest BCUT2D eigenvalue weighted by molar-refractivity contribution is 9.10. The lowest BCUT2D eigenvalue weighted by atomic mass is 9.87. The Balaban J connectivity index is 1.87. The standard InChI is InChI=1S/C19H22BrNO3/c1-19(2,3)15-4-7-17(8-5-15)23-10-11-24-18-9-6-16(20)12-14(18)13-21-22/h4-9,12-13,22H,10-11H2,1-3H3. The first-order valence-electron chi connectivity index (χ1n) is 7.73. The molecule has 128 valence electrons. The van der Waals surface area contributed by atoms with Gasteiger partial charge in [-0.25, -0.2) is 0 Å². The molecule has 0 aliphatic heterocycles. The molecule has 0 heterocycles. The Morgan fingerprint density at radius 3 is 2.33 bits per heavy atom. The van der Waals surface area contributed by atoms with E-state index in [4.69, 9.17) is 14.7 Å². The molecule has 0 bridgehead atoms. The van der Waals surface area contributed by atoms with Crippen LogP contribution in [0.1, 0.15) is 31.9 Å². The van der Waals surface area contributed by atoms with Crippen LogP contribution in [0.15, 0.2) is 52.1 Å². The lowest BCUT2D eigenvalue weighted by Gasteiger charge is -2.19. The summed E-state index contributed by atoms with van der Waals surface area (Å²) >= 11 is 3.37. The van der Waals surface area contributed by atoms with Gasteiger partial charge in [0.25, 0.3) is 0 Å². The van der Waals surface area contributed by atoms with Gasteiger partial charge in [-0.2, -0.15) is 0 Å². The molecule has 0 aromatic heterocycles. The number of oxime groups is 1. The van der Waals surface area contributed by atoms with E-state index in [1.54, 1.807) is 0 Å². The molecular formula is C19H22BrNO3. The van der Waals surface area contributed by atoms with Gasteiger partial charge in [-0.05, 0) is 41.3 Å². The van der Waals surface area contributed by atoms with E-state index >= 15 is 0 Å². The highest BCUT2D eigenvalue weighted by Crippen LogP contribution is 2.24.